The molecule has 1 rings (SSSR count). The van der Waals surface area contributed by atoms with Crippen molar-refractivity contribution in [3.8, 4) is 11.8 Å². The number of benzene rings is 1. The maximum atomic E-state index is 11.6. The summed E-state index contributed by atoms with van der Waals surface area (Å²) >= 11 is 0. The van der Waals surface area contributed by atoms with Crippen molar-refractivity contribution in [3.05, 3.63) is 29.8 Å². The van der Waals surface area contributed by atoms with Gasteiger partial charge in [0.05, 0.1) is 24.5 Å². The van der Waals surface area contributed by atoms with Crippen LogP contribution in [-0.4, -0.2) is 43.1 Å². The van der Waals surface area contributed by atoms with Crippen LogP contribution < -0.4 is 4.74 Å². The Morgan fingerprint density at radius 1 is 1.09 bits per heavy atom. The molecule has 0 N–H and O–H groups in total. The molecule has 124 valence electrons. The molecule has 0 atom stereocenters. The lowest BCUT2D eigenvalue weighted by molar-refractivity contribution is -0.147. The SMILES string of the molecule is CCN(CC)CCOC(=O)CCC(=O)Oc1ccc(C#N)cc1. The zero-order valence-corrected chi connectivity index (χ0v) is 13.6. The summed E-state index contributed by atoms with van der Waals surface area (Å²) in [6.45, 7) is 6.92. The van der Waals surface area contributed by atoms with Crippen molar-refractivity contribution >= 4 is 11.9 Å². The van der Waals surface area contributed by atoms with Crippen molar-refractivity contribution < 1.29 is 19.1 Å². The van der Waals surface area contributed by atoms with Crippen LogP contribution in [-0.2, 0) is 14.3 Å². The Hall–Kier alpha value is -2.39. The lowest BCUT2D eigenvalue weighted by Crippen LogP contribution is -2.28. The number of hydrogen-bond donors (Lipinski definition) is 0. The highest BCUT2D eigenvalue weighted by molar-refractivity contribution is 5.79. The first-order valence-electron chi connectivity index (χ1n) is 7.67. The Labute approximate surface area is 136 Å². The first kappa shape index (κ1) is 18.7. The predicted molar refractivity (Wildman–Crippen MR) is 84.8 cm³/mol. The molecule has 0 saturated heterocycles. The van der Waals surface area contributed by atoms with Gasteiger partial charge in [0.1, 0.15) is 12.4 Å². The molecule has 0 heterocycles. The molecule has 0 aliphatic heterocycles. The number of rotatable bonds is 9. The minimum absolute atomic E-state index is 0.00658. The second kappa shape index (κ2) is 10.4. The van der Waals surface area contributed by atoms with Gasteiger partial charge in [-0.3, -0.25) is 9.59 Å². The summed E-state index contributed by atoms with van der Waals surface area (Å²) in [6.07, 6.45) is -0.0442. The molecule has 6 nitrogen and oxygen atoms in total. The number of ether oxygens (including phenoxy) is 2. The molecule has 0 unspecified atom stereocenters. The van der Waals surface area contributed by atoms with Crippen molar-refractivity contribution in [2.24, 2.45) is 0 Å². The Morgan fingerprint density at radius 2 is 1.70 bits per heavy atom. The van der Waals surface area contributed by atoms with Gasteiger partial charge in [0.2, 0.25) is 0 Å². The third-order valence-corrected chi connectivity index (χ3v) is 3.31. The van der Waals surface area contributed by atoms with Crippen LogP contribution >= 0.6 is 0 Å². The van der Waals surface area contributed by atoms with Crippen molar-refractivity contribution in [3.63, 3.8) is 0 Å². The molecule has 0 spiro atoms. The summed E-state index contributed by atoms with van der Waals surface area (Å²) in [6, 6.07) is 8.18. The number of carbonyl (C=O) groups excluding carboxylic acids is 2. The van der Waals surface area contributed by atoms with E-state index in [0.29, 0.717) is 24.5 Å². The first-order chi connectivity index (χ1) is 11.1. The topological polar surface area (TPSA) is 79.6 Å². The molecule has 1 aromatic rings. The summed E-state index contributed by atoms with van der Waals surface area (Å²) in [7, 11) is 0. The van der Waals surface area contributed by atoms with E-state index in [1.165, 1.54) is 0 Å². The molecule has 0 saturated carbocycles. The molecule has 23 heavy (non-hydrogen) atoms. The number of esters is 2. The third-order valence-electron chi connectivity index (χ3n) is 3.31. The van der Waals surface area contributed by atoms with Crippen molar-refractivity contribution in [1.82, 2.24) is 4.90 Å². The molecule has 0 aliphatic carbocycles. The maximum Gasteiger partial charge on any atom is 0.311 e. The average Bonchev–Trinajstić information content (AvgIpc) is 2.57. The second-order valence-electron chi connectivity index (χ2n) is 4.86. The second-order valence-corrected chi connectivity index (χ2v) is 4.86. The molecule has 0 bridgehead atoms. The smallest absolute Gasteiger partial charge is 0.311 e. The Bertz CT molecular complexity index is 545. The third kappa shape index (κ3) is 7.43. The van der Waals surface area contributed by atoms with Crippen molar-refractivity contribution in [1.29, 1.82) is 5.26 Å². The van der Waals surface area contributed by atoms with Gasteiger partial charge in [0.25, 0.3) is 0 Å². The number of likely N-dealkylation sites (N-methyl/N-ethyl adjacent to an activating group) is 1. The fourth-order valence-electron chi connectivity index (χ4n) is 1.88. The van der Waals surface area contributed by atoms with E-state index < -0.39 is 11.9 Å². The van der Waals surface area contributed by atoms with Crippen molar-refractivity contribution in [2.45, 2.75) is 26.7 Å². The van der Waals surface area contributed by atoms with Crippen LogP contribution in [0.1, 0.15) is 32.3 Å². The predicted octanol–water partition coefficient (Wildman–Crippen LogP) is 2.13. The van der Waals surface area contributed by atoms with Gasteiger partial charge >= 0.3 is 11.9 Å². The molecule has 0 aliphatic rings. The fourth-order valence-corrected chi connectivity index (χ4v) is 1.88. The van der Waals surface area contributed by atoms with Crippen LogP contribution in [0.2, 0.25) is 0 Å². The van der Waals surface area contributed by atoms with Gasteiger partial charge in [-0.25, -0.2) is 0 Å². The summed E-state index contributed by atoms with van der Waals surface area (Å²) in [5.74, 6) is -0.562. The van der Waals surface area contributed by atoms with Crippen LogP contribution in [0, 0.1) is 11.3 Å². The van der Waals surface area contributed by atoms with Crippen LogP contribution in [0.3, 0.4) is 0 Å². The van der Waals surface area contributed by atoms with Gasteiger partial charge in [0, 0.05) is 6.54 Å². The van der Waals surface area contributed by atoms with E-state index in [2.05, 4.69) is 4.90 Å². The molecular formula is C17H22N2O4. The van der Waals surface area contributed by atoms with Crippen LogP contribution in [0.15, 0.2) is 24.3 Å². The van der Waals surface area contributed by atoms with E-state index in [1.807, 2.05) is 19.9 Å². The molecule has 0 fully saturated rings. The van der Waals surface area contributed by atoms with Crippen LogP contribution in [0.4, 0.5) is 0 Å². The normalized spacial score (nSPS) is 10.2. The van der Waals surface area contributed by atoms with Gasteiger partial charge in [-0.05, 0) is 37.4 Å². The molecule has 1 aromatic carbocycles. The quantitative estimate of drug-likeness (QED) is 0.512. The van der Waals surface area contributed by atoms with E-state index in [4.69, 9.17) is 14.7 Å². The average molecular weight is 318 g/mol. The lowest BCUT2D eigenvalue weighted by Gasteiger charge is -2.17. The minimum Gasteiger partial charge on any atom is -0.464 e. The van der Waals surface area contributed by atoms with Gasteiger partial charge in [0.15, 0.2) is 0 Å². The van der Waals surface area contributed by atoms with Crippen molar-refractivity contribution in [2.75, 3.05) is 26.2 Å². The van der Waals surface area contributed by atoms with Crippen LogP contribution in [0.25, 0.3) is 0 Å². The van der Waals surface area contributed by atoms with Gasteiger partial charge in [-0.15, -0.1) is 0 Å². The highest BCUT2D eigenvalue weighted by atomic mass is 16.5. The zero-order valence-electron chi connectivity index (χ0n) is 13.6. The highest BCUT2D eigenvalue weighted by Crippen LogP contribution is 2.12. The van der Waals surface area contributed by atoms with E-state index in [9.17, 15) is 9.59 Å². The van der Waals surface area contributed by atoms with Crippen LogP contribution in [0.5, 0.6) is 5.75 Å². The largest absolute Gasteiger partial charge is 0.464 e. The van der Waals surface area contributed by atoms with E-state index in [-0.39, 0.29) is 12.8 Å². The fraction of sp³-hybridized carbons (Fsp3) is 0.471. The Balaban J connectivity index is 2.24. The standard InChI is InChI=1S/C17H22N2O4/c1-3-19(4-2)11-12-22-16(20)9-10-17(21)23-15-7-5-14(13-18)6-8-15/h5-8H,3-4,9-12H2,1-2H3. The van der Waals surface area contributed by atoms with E-state index in [0.717, 1.165) is 13.1 Å². The molecular weight excluding hydrogens is 296 g/mol. The van der Waals surface area contributed by atoms with Gasteiger partial charge in [-0.1, -0.05) is 13.8 Å². The molecule has 0 aromatic heterocycles. The lowest BCUT2D eigenvalue weighted by atomic mass is 10.2. The first-order valence-corrected chi connectivity index (χ1v) is 7.67. The number of carbonyl (C=O) groups is 2. The van der Waals surface area contributed by atoms with Gasteiger partial charge < -0.3 is 14.4 Å². The van der Waals surface area contributed by atoms with E-state index >= 15 is 0 Å². The summed E-state index contributed by atoms with van der Waals surface area (Å²) in [5, 5.41) is 8.68. The Morgan fingerprint density at radius 3 is 2.26 bits per heavy atom. The molecule has 6 heteroatoms. The summed E-state index contributed by atoms with van der Waals surface area (Å²) in [5.41, 5.74) is 0.488. The van der Waals surface area contributed by atoms with Gasteiger partial charge in [-0.2, -0.15) is 5.26 Å². The molecule has 0 amide bonds. The maximum absolute atomic E-state index is 11.6. The van der Waals surface area contributed by atoms with E-state index in [1.54, 1.807) is 24.3 Å². The number of nitrogens with zero attached hydrogens (tertiary/aromatic N) is 2. The highest BCUT2D eigenvalue weighted by Gasteiger charge is 2.10. The summed E-state index contributed by atoms with van der Waals surface area (Å²) in [4.78, 5) is 25.3. The Kier molecular flexibility index (Phi) is 8.40. The number of nitriles is 1. The number of hydrogen-bond acceptors (Lipinski definition) is 6. The monoisotopic (exact) mass is 318 g/mol. The zero-order chi connectivity index (χ0) is 17.1. The minimum atomic E-state index is -0.504. The summed E-state index contributed by atoms with van der Waals surface area (Å²) < 4.78 is 10.2. The molecule has 0 radical (unpaired) electrons.